The maximum Gasteiger partial charge on any atom is 0.0299 e. The van der Waals surface area contributed by atoms with E-state index in [0.29, 0.717) is 0 Å². The van der Waals surface area contributed by atoms with Crippen LogP contribution < -0.4 is 5.73 Å². The summed E-state index contributed by atoms with van der Waals surface area (Å²) in [5, 5.41) is 0. The highest BCUT2D eigenvalue weighted by Crippen LogP contribution is 2.12. The van der Waals surface area contributed by atoms with Gasteiger partial charge in [0.15, 0.2) is 0 Å². The van der Waals surface area contributed by atoms with Gasteiger partial charge in [0.05, 0.1) is 0 Å². The van der Waals surface area contributed by atoms with E-state index in [1.165, 1.54) is 11.1 Å². The molecule has 1 rings (SSSR count). The molecule has 12 heavy (non-hydrogen) atoms. The Balaban J connectivity index is 2.83. The Morgan fingerprint density at radius 2 is 2.17 bits per heavy atom. The van der Waals surface area contributed by atoms with Crippen molar-refractivity contribution in [3.8, 4) is 0 Å². The lowest BCUT2D eigenvalue weighted by Gasteiger charge is -2.19. The number of pyridine rings is 1. The Bertz CT molecular complexity index is 261. The van der Waals surface area contributed by atoms with E-state index in [1.807, 2.05) is 32.3 Å². The van der Waals surface area contributed by atoms with Gasteiger partial charge in [0, 0.05) is 17.9 Å². The normalized spacial score (nSPS) is 11.7. The summed E-state index contributed by atoms with van der Waals surface area (Å²) < 4.78 is 0. The molecule has 0 atom stereocenters. The average molecular weight is 164 g/mol. The summed E-state index contributed by atoms with van der Waals surface area (Å²) >= 11 is 0. The number of hydrogen-bond acceptors (Lipinski definition) is 2. The molecule has 0 aliphatic carbocycles. The molecule has 0 fully saturated rings. The van der Waals surface area contributed by atoms with Gasteiger partial charge in [0.1, 0.15) is 0 Å². The Morgan fingerprint density at radius 3 is 2.67 bits per heavy atom. The molecule has 0 spiro atoms. The zero-order valence-electron chi connectivity index (χ0n) is 7.96. The largest absolute Gasteiger partial charge is 0.325 e. The number of nitrogens with two attached hydrogens (primary N) is 1. The van der Waals surface area contributed by atoms with E-state index in [0.717, 1.165) is 6.42 Å². The lowest BCUT2D eigenvalue weighted by molar-refractivity contribution is 0.515. The first-order chi connectivity index (χ1) is 5.49. The summed E-state index contributed by atoms with van der Waals surface area (Å²) in [5.41, 5.74) is 8.29. The van der Waals surface area contributed by atoms with Gasteiger partial charge in [-0.05, 0) is 44.4 Å². The molecule has 0 bridgehead atoms. The lowest BCUT2D eigenvalue weighted by Crippen LogP contribution is -2.34. The fourth-order valence-electron chi connectivity index (χ4n) is 1.19. The van der Waals surface area contributed by atoms with Gasteiger partial charge in [-0.15, -0.1) is 0 Å². The topological polar surface area (TPSA) is 38.9 Å². The van der Waals surface area contributed by atoms with Crippen molar-refractivity contribution in [3.05, 3.63) is 29.6 Å². The summed E-state index contributed by atoms with van der Waals surface area (Å²) in [5.74, 6) is 0. The van der Waals surface area contributed by atoms with Gasteiger partial charge < -0.3 is 5.73 Å². The minimum atomic E-state index is -0.133. The molecule has 1 aromatic rings. The number of hydrogen-bond donors (Lipinski definition) is 1. The molecular formula is C10H16N2. The second-order valence-corrected chi connectivity index (χ2v) is 3.97. The summed E-state index contributed by atoms with van der Waals surface area (Å²) in [6.07, 6.45) is 4.59. The fraction of sp³-hybridized carbons (Fsp3) is 0.500. The highest BCUT2D eigenvalue weighted by molar-refractivity contribution is 5.23. The van der Waals surface area contributed by atoms with Gasteiger partial charge in [0.25, 0.3) is 0 Å². The first-order valence-electron chi connectivity index (χ1n) is 4.17. The molecule has 2 nitrogen and oxygen atoms in total. The van der Waals surface area contributed by atoms with Crippen molar-refractivity contribution >= 4 is 0 Å². The third kappa shape index (κ3) is 2.62. The maximum atomic E-state index is 5.92. The lowest BCUT2D eigenvalue weighted by atomic mass is 9.95. The van der Waals surface area contributed by atoms with Crippen LogP contribution in [0.3, 0.4) is 0 Å². The van der Waals surface area contributed by atoms with E-state index in [9.17, 15) is 0 Å². The zero-order valence-corrected chi connectivity index (χ0v) is 7.96. The smallest absolute Gasteiger partial charge is 0.0299 e. The zero-order chi connectivity index (χ0) is 9.19. The highest BCUT2D eigenvalue weighted by atomic mass is 14.7. The standard InChI is InChI=1S/C10H16N2/c1-8-7-12-5-4-9(8)6-10(2,3)11/h4-5,7H,6,11H2,1-3H3. The number of nitrogens with zero attached hydrogens (tertiary/aromatic N) is 1. The van der Waals surface area contributed by atoms with Crippen LogP contribution >= 0.6 is 0 Å². The quantitative estimate of drug-likeness (QED) is 0.722. The van der Waals surface area contributed by atoms with Gasteiger partial charge >= 0.3 is 0 Å². The molecule has 2 N–H and O–H groups in total. The molecule has 1 aromatic heterocycles. The van der Waals surface area contributed by atoms with Crippen LogP contribution in [0, 0.1) is 6.92 Å². The molecule has 66 valence electrons. The van der Waals surface area contributed by atoms with Crippen LogP contribution in [0.25, 0.3) is 0 Å². The predicted octanol–water partition coefficient (Wildman–Crippen LogP) is 1.67. The molecule has 0 unspecified atom stereocenters. The average Bonchev–Trinajstić information content (AvgIpc) is 1.91. The summed E-state index contributed by atoms with van der Waals surface area (Å²) in [6.45, 7) is 6.13. The van der Waals surface area contributed by atoms with E-state index in [2.05, 4.69) is 11.9 Å². The molecular weight excluding hydrogens is 148 g/mol. The highest BCUT2D eigenvalue weighted by Gasteiger charge is 2.12. The Kier molecular flexibility index (Phi) is 2.48. The van der Waals surface area contributed by atoms with Gasteiger partial charge in [-0.2, -0.15) is 0 Å². The van der Waals surface area contributed by atoms with E-state index >= 15 is 0 Å². The van der Waals surface area contributed by atoms with E-state index < -0.39 is 0 Å². The van der Waals surface area contributed by atoms with Crippen molar-refractivity contribution in [1.29, 1.82) is 0 Å². The van der Waals surface area contributed by atoms with Crippen LogP contribution in [0.5, 0.6) is 0 Å². The van der Waals surface area contributed by atoms with Gasteiger partial charge in [-0.25, -0.2) is 0 Å². The molecule has 0 aromatic carbocycles. The van der Waals surface area contributed by atoms with Crippen molar-refractivity contribution in [2.24, 2.45) is 5.73 Å². The molecule has 0 saturated carbocycles. The van der Waals surface area contributed by atoms with Crippen LogP contribution in [0.1, 0.15) is 25.0 Å². The molecule has 2 heteroatoms. The number of aromatic nitrogens is 1. The predicted molar refractivity (Wildman–Crippen MR) is 50.9 cm³/mol. The second kappa shape index (κ2) is 3.23. The maximum absolute atomic E-state index is 5.92. The van der Waals surface area contributed by atoms with E-state index in [4.69, 9.17) is 5.73 Å². The van der Waals surface area contributed by atoms with Crippen molar-refractivity contribution < 1.29 is 0 Å². The third-order valence-electron chi connectivity index (χ3n) is 1.78. The SMILES string of the molecule is Cc1cnccc1CC(C)(C)N. The van der Waals surface area contributed by atoms with Gasteiger partial charge in [-0.1, -0.05) is 0 Å². The Hall–Kier alpha value is -0.890. The molecule has 1 heterocycles. The first-order valence-corrected chi connectivity index (χ1v) is 4.17. The monoisotopic (exact) mass is 164 g/mol. The van der Waals surface area contributed by atoms with Crippen LogP contribution in [-0.2, 0) is 6.42 Å². The van der Waals surface area contributed by atoms with Crippen molar-refractivity contribution in [1.82, 2.24) is 4.98 Å². The molecule has 0 amide bonds. The molecule has 0 aliphatic rings. The minimum absolute atomic E-state index is 0.133. The summed E-state index contributed by atoms with van der Waals surface area (Å²) in [6, 6.07) is 2.03. The van der Waals surface area contributed by atoms with Crippen LogP contribution in [0.2, 0.25) is 0 Å². The molecule has 0 radical (unpaired) electrons. The summed E-state index contributed by atoms with van der Waals surface area (Å²) in [7, 11) is 0. The minimum Gasteiger partial charge on any atom is -0.325 e. The Labute approximate surface area is 73.8 Å². The molecule has 0 aliphatic heterocycles. The van der Waals surface area contributed by atoms with Gasteiger partial charge in [-0.3, -0.25) is 4.98 Å². The fourth-order valence-corrected chi connectivity index (χ4v) is 1.19. The van der Waals surface area contributed by atoms with Crippen molar-refractivity contribution in [2.75, 3.05) is 0 Å². The van der Waals surface area contributed by atoms with E-state index in [-0.39, 0.29) is 5.54 Å². The van der Waals surface area contributed by atoms with Crippen molar-refractivity contribution in [2.45, 2.75) is 32.7 Å². The summed E-state index contributed by atoms with van der Waals surface area (Å²) in [4.78, 5) is 4.03. The molecule has 0 saturated heterocycles. The third-order valence-corrected chi connectivity index (χ3v) is 1.78. The first kappa shape index (κ1) is 9.20. The van der Waals surface area contributed by atoms with Crippen LogP contribution in [-0.4, -0.2) is 10.5 Å². The van der Waals surface area contributed by atoms with E-state index in [1.54, 1.807) is 0 Å². The van der Waals surface area contributed by atoms with Gasteiger partial charge in [0.2, 0.25) is 0 Å². The number of rotatable bonds is 2. The van der Waals surface area contributed by atoms with Crippen molar-refractivity contribution in [3.63, 3.8) is 0 Å². The van der Waals surface area contributed by atoms with Crippen LogP contribution in [0.4, 0.5) is 0 Å². The Morgan fingerprint density at radius 1 is 1.50 bits per heavy atom. The second-order valence-electron chi connectivity index (χ2n) is 3.97. The number of aryl methyl sites for hydroxylation is 1. The van der Waals surface area contributed by atoms with Crippen LogP contribution in [0.15, 0.2) is 18.5 Å².